The van der Waals surface area contributed by atoms with Crippen molar-refractivity contribution in [3.8, 4) is 5.75 Å². The summed E-state index contributed by atoms with van der Waals surface area (Å²) in [5.41, 5.74) is 0.417. The number of hydrogen-bond donors (Lipinski definition) is 0. The molecule has 3 nitrogen and oxygen atoms in total. The van der Waals surface area contributed by atoms with Gasteiger partial charge in [0.15, 0.2) is 11.6 Å². The van der Waals surface area contributed by atoms with E-state index in [1.807, 2.05) is 0 Å². The van der Waals surface area contributed by atoms with Crippen molar-refractivity contribution < 1.29 is 13.9 Å². The minimum Gasteiger partial charge on any atom is -0.493 e. The van der Waals surface area contributed by atoms with Gasteiger partial charge < -0.3 is 4.74 Å². The summed E-state index contributed by atoms with van der Waals surface area (Å²) in [6.45, 7) is 0.00412. The van der Waals surface area contributed by atoms with E-state index in [2.05, 4.69) is 4.99 Å². The number of rotatable bonds is 3. The van der Waals surface area contributed by atoms with E-state index in [9.17, 15) is 9.18 Å². The number of ether oxygens (including phenoxy) is 1. The van der Waals surface area contributed by atoms with Gasteiger partial charge in [-0.05, 0) is 12.1 Å². The molecule has 0 spiro atoms. The molecule has 0 aliphatic rings. The Morgan fingerprint density at radius 1 is 1.64 bits per heavy atom. The Hall–Kier alpha value is -1.38. The lowest BCUT2D eigenvalue weighted by atomic mass is 10.2. The summed E-state index contributed by atoms with van der Waals surface area (Å²) in [5.74, 6) is -0.524. The van der Waals surface area contributed by atoms with E-state index in [4.69, 9.17) is 16.3 Å². The number of nitrogens with zero attached hydrogens (tertiary/aromatic N) is 1. The van der Waals surface area contributed by atoms with E-state index in [0.717, 1.165) is 6.07 Å². The Balaban J connectivity index is 3.17. The summed E-state index contributed by atoms with van der Waals surface area (Å²) in [6.07, 6.45) is 1.36. The monoisotopic (exact) mass is 215 g/mol. The zero-order valence-corrected chi connectivity index (χ0v) is 8.14. The van der Waals surface area contributed by atoms with Crippen molar-refractivity contribution >= 4 is 17.7 Å². The number of methoxy groups -OCH3 is 1. The molecule has 0 amide bonds. The van der Waals surface area contributed by atoms with Crippen molar-refractivity contribution in [1.29, 1.82) is 0 Å². The second-order valence-corrected chi connectivity index (χ2v) is 2.92. The Kier molecular flexibility index (Phi) is 3.63. The first-order chi connectivity index (χ1) is 6.69. The van der Waals surface area contributed by atoms with Gasteiger partial charge in [0, 0.05) is 10.6 Å². The predicted octanol–water partition coefficient (Wildman–Crippen LogP) is 2.32. The third-order valence-corrected chi connectivity index (χ3v) is 1.82. The highest BCUT2D eigenvalue weighted by atomic mass is 35.5. The van der Waals surface area contributed by atoms with Crippen LogP contribution in [0.3, 0.4) is 0 Å². The lowest BCUT2D eigenvalue weighted by Crippen LogP contribution is -1.94. The molecule has 74 valence electrons. The number of aliphatic imine (C=N–C) groups is 1. The third-order valence-electron chi connectivity index (χ3n) is 1.60. The molecule has 0 radical (unpaired) electrons. The van der Waals surface area contributed by atoms with Crippen molar-refractivity contribution in [2.75, 3.05) is 7.11 Å². The van der Waals surface area contributed by atoms with E-state index in [-0.39, 0.29) is 17.3 Å². The van der Waals surface area contributed by atoms with Gasteiger partial charge in [-0.3, -0.25) is 0 Å². The maximum atomic E-state index is 13.2. The highest BCUT2D eigenvalue weighted by Crippen LogP contribution is 2.27. The van der Waals surface area contributed by atoms with Gasteiger partial charge in [-0.15, -0.1) is 0 Å². The predicted molar refractivity (Wildman–Crippen MR) is 49.8 cm³/mol. The number of isocyanates is 1. The fourth-order valence-electron chi connectivity index (χ4n) is 1.08. The van der Waals surface area contributed by atoms with Crippen LogP contribution in [0.4, 0.5) is 4.39 Å². The van der Waals surface area contributed by atoms with Crippen LogP contribution in [-0.4, -0.2) is 13.2 Å². The molecule has 1 aromatic carbocycles. The van der Waals surface area contributed by atoms with Crippen LogP contribution in [0.15, 0.2) is 17.1 Å². The molecule has 1 rings (SSSR count). The van der Waals surface area contributed by atoms with Crippen molar-refractivity contribution in [3.05, 3.63) is 28.5 Å². The molecular formula is C9H7ClFNO2. The molecule has 14 heavy (non-hydrogen) atoms. The number of halogens is 2. The number of carbonyl (C=O) groups excluding carboxylic acids is 1. The SMILES string of the molecule is COc1c(F)cc(Cl)cc1CN=C=O. The van der Waals surface area contributed by atoms with Gasteiger partial charge in [0.25, 0.3) is 0 Å². The van der Waals surface area contributed by atoms with Gasteiger partial charge in [0.05, 0.1) is 13.7 Å². The van der Waals surface area contributed by atoms with Crippen LogP contribution in [0.25, 0.3) is 0 Å². The van der Waals surface area contributed by atoms with E-state index >= 15 is 0 Å². The van der Waals surface area contributed by atoms with E-state index in [1.165, 1.54) is 19.3 Å². The largest absolute Gasteiger partial charge is 0.493 e. The molecule has 0 saturated carbocycles. The first-order valence-corrected chi connectivity index (χ1v) is 4.12. The molecule has 0 fully saturated rings. The van der Waals surface area contributed by atoms with E-state index < -0.39 is 5.82 Å². The van der Waals surface area contributed by atoms with Gasteiger partial charge in [-0.1, -0.05) is 11.6 Å². The minimum absolute atomic E-state index is 0.00412. The van der Waals surface area contributed by atoms with Crippen LogP contribution < -0.4 is 4.74 Å². The molecule has 0 N–H and O–H groups in total. The van der Waals surface area contributed by atoms with Crippen LogP contribution in [0.5, 0.6) is 5.75 Å². The second-order valence-electron chi connectivity index (χ2n) is 2.49. The smallest absolute Gasteiger partial charge is 0.235 e. The average Bonchev–Trinajstić information content (AvgIpc) is 2.14. The van der Waals surface area contributed by atoms with Crippen molar-refractivity contribution in [2.24, 2.45) is 4.99 Å². The summed E-state index contributed by atoms with van der Waals surface area (Å²) in [6, 6.07) is 2.62. The van der Waals surface area contributed by atoms with E-state index in [1.54, 1.807) is 0 Å². The molecule has 1 aromatic rings. The molecular weight excluding hydrogens is 209 g/mol. The Bertz CT molecular complexity index is 389. The summed E-state index contributed by atoms with van der Waals surface area (Å²) < 4.78 is 18.0. The summed E-state index contributed by atoms with van der Waals surface area (Å²) in [7, 11) is 1.33. The number of hydrogen-bond acceptors (Lipinski definition) is 3. The maximum Gasteiger partial charge on any atom is 0.235 e. The molecule has 0 unspecified atom stereocenters. The molecule has 0 bridgehead atoms. The Labute approximate surface area is 85.2 Å². The zero-order valence-electron chi connectivity index (χ0n) is 7.38. The van der Waals surface area contributed by atoms with Crippen LogP contribution >= 0.6 is 11.6 Å². The average molecular weight is 216 g/mol. The van der Waals surface area contributed by atoms with Crippen LogP contribution in [0.2, 0.25) is 5.02 Å². The second kappa shape index (κ2) is 4.74. The summed E-state index contributed by atoms with van der Waals surface area (Å²) in [5, 5.41) is 0.236. The van der Waals surface area contributed by atoms with Gasteiger partial charge in [-0.2, -0.15) is 0 Å². The van der Waals surface area contributed by atoms with Crippen LogP contribution in [-0.2, 0) is 11.3 Å². The van der Waals surface area contributed by atoms with Gasteiger partial charge in [0.2, 0.25) is 6.08 Å². The first kappa shape index (κ1) is 10.7. The van der Waals surface area contributed by atoms with Crippen molar-refractivity contribution in [3.63, 3.8) is 0 Å². The van der Waals surface area contributed by atoms with Gasteiger partial charge in [0.1, 0.15) is 0 Å². The normalized spacial score (nSPS) is 9.36. The lowest BCUT2D eigenvalue weighted by molar-refractivity contribution is 0.381. The standard InChI is InChI=1S/C9H7ClFNO2/c1-14-9-6(4-12-5-13)2-7(10)3-8(9)11/h2-3H,4H2,1H3. The quantitative estimate of drug-likeness (QED) is 0.573. The topological polar surface area (TPSA) is 38.7 Å². The van der Waals surface area contributed by atoms with Gasteiger partial charge >= 0.3 is 0 Å². The van der Waals surface area contributed by atoms with Gasteiger partial charge in [-0.25, -0.2) is 14.2 Å². The lowest BCUT2D eigenvalue weighted by Gasteiger charge is -2.07. The minimum atomic E-state index is -0.573. The fourth-order valence-corrected chi connectivity index (χ4v) is 1.30. The molecule has 0 aliphatic carbocycles. The molecule has 0 saturated heterocycles. The first-order valence-electron chi connectivity index (χ1n) is 3.74. The maximum absolute atomic E-state index is 13.2. The highest BCUT2D eigenvalue weighted by molar-refractivity contribution is 6.30. The van der Waals surface area contributed by atoms with Crippen molar-refractivity contribution in [2.45, 2.75) is 6.54 Å². The Morgan fingerprint density at radius 2 is 2.36 bits per heavy atom. The Morgan fingerprint density at radius 3 is 2.93 bits per heavy atom. The molecule has 5 heteroatoms. The van der Waals surface area contributed by atoms with Crippen LogP contribution in [0, 0.1) is 5.82 Å². The highest BCUT2D eigenvalue weighted by Gasteiger charge is 2.10. The fraction of sp³-hybridized carbons (Fsp3) is 0.222. The molecule has 0 aromatic heterocycles. The zero-order chi connectivity index (χ0) is 10.6. The summed E-state index contributed by atoms with van der Waals surface area (Å²) >= 11 is 5.62. The summed E-state index contributed by atoms with van der Waals surface area (Å²) in [4.78, 5) is 13.2. The van der Waals surface area contributed by atoms with Crippen LogP contribution in [0.1, 0.15) is 5.56 Å². The van der Waals surface area contributed by atoms with E-state index in [0.29, 0.717) is 5.56 Å². The molecule has 0 aliphatic heterocycles. The molecule has 0 heterocycles. The third kappa shape index (κ3) is 2.31. The molecule has 0 atom stereocenters. The van der Waals surface area contributed by atoms with Crippen molar-refractivity contribution in [1.82, 2.24) is 0 Å². The number of benzene rings is 1.